The number of ether oxygens (including phenoxy) is 2. The highest BCUT2D eigenvalue weighted by atomic mass is 19.1. The molecule has 0 radical (unpaired) electrons. The molecule has 1 aromatic rings. The third kappa shape index (κ3) is 3.70. The highest BCUT2D eigenvalue weighted by Gasteiger charge is 2.24. The Morgan fingerprint density at radius 3 is 2.64 bits per heavy atom. The minimum atomic E-state index is -0.178. The van der Waals surface area contributed by atoms with E-state index in [0.717, 1.165) is 38.2 Å². The maximum absolute atomic E-state index is 14.5. The molecule has 0 spiro atoms. The fourth-order valence-corrected chi connectivity index (χ4v) is 3.32. The SMILES string of the molecule is C[C@@H]1CN(c2ccc(N[C@H]3CCCOC3)cc2F)C[C@H](C)O1. The number of halogens is 1. The third-order valence-corrected chi connectivity index (χ3v) is 4.24. The summed E-state index contributed by atoms with van der Waals surface area (Å²) in [5.41, 5.74) is 1.48. The highest BCUT2D eigenvalue weighted by molar-refractivity contribution is 5.57. The lowest BCUT2D eigenvalue weighted by molar-refractivity contribution is -0.00539. The molecule has 22 heavy (non-hydrogen) atoms. The van der Waals surface area contributed by atoms with Crippen molar-refractivity contribution in [3.8, 4) is 0 Å². The Morgan fingerprint density at radius 2 is 2.00 bits per heavy atom. The molecule has 5 heteroatoms. The molecule has 0 amide bonds. The molecule has 3 rings (SSSR count). The van der Waals surface area contributed by atoms with Crippen molar-refractivity contribution in [3.05, 3.63) is 24.0 Å². The van der Waals surface area contributed by atoms with Crippen LogP contribution in [-0.2, 0) is 9.47 Å². The van der Waals surface area contributed by atoms with Crippen molar-refractivity contribution >= 4 is 11.4 Å². The lowest BCUT2D eigenvalue weighted by atomic mass is 10.1. The molecule has 0 unspecified atom stereocenters. The zero-order valence-corrected chi connectivity index (χ0v) is 13.3. The van der Waals surface area contributed by atoms with E-state index in [2.05, 4.69) is 10.2 Å². The Bertz CT molecular complexity index is 495. The van der Waals surface area contributed by atoms with Gasteiger partial charge in [-0.25, -0.2) is 4.39 Å². The van der Waals surface area contributed by atoms with Gasteiger partial charge in [0.1, 0.15) is 5.82 Å². The van der Waals surface area contributed by atoms with Gasteiger partial charge >= 0.3 is 0 Å². The van der Waals surface area contributed by atoms with Gasteiger partial charge in [-0.1, -0.05) is 0 Å². The van der Waals surface area contributed by atoms with Crippen molar-refractivity contribution in [2.24, 2.45) is 0 Å². The van der Waals surface area contributed by atoms with Crippen molar-refractivity contribution in [1.29, 1.82) is 0 Å². The first kappa shape index (κ1) is 15.6. The van der Waals surface area contributed by atoms with E-state index >= 15 is 0 Å². The minimum Gasteiger partial charge on any atom is -0.380 e. The maximum Gasteiger partial charge on any atom is 0.148 e. The number of nitrogens with zero attached hydrogens (tertiary/aromatic N) is 1. The van der Waals surface area contributed by atoms with Crippen LogP contribution >= 0.6 is 0 Å². The number of rotatable bonds is 3. The van der Waals surface area contributed by atoms with E-state index in [1.807, 2.05) is 26.0 Å². The molecule has 0 aliphatic carbocycles. The summed E-state index contributed by atoms with van der Waals surface area (Å²) in [6.45, 7) is 7.04. The summed E-state index contributed by atoms with van der Waals surface area (Å²) in [4.78, 5) is 2.07. The molecule has 1 N–H and O–H groups in total. The van der Waals surface area contributed by atoms with E-state index in [1.165, 1.54) is 0 Å². The number of hydrogen-bond donors (Lipinski definition) is 1. The highest BCUT2D eigenvalue weighted by Crippen LogP contribution is 2.26. The maximum atomic E-state index is 14.5. The van der Waals surface area contributed by atoms with Crippen molar-refractivity contribution in [2.75, 3.05) is 36.5 Å². The monoisotopic (exact) mass is 308 g/mol. The molecular formula is C17H25FN2O2. The van der Waals surface area contributed by atoms with Gasteiger partial charge in [-0.05, 0) is 44.9 Å². The van der Waals surface area contributed by atoms with Crippen molar-refractivity contribution in [3.63, 3.8) is 0 Å². The van der Waals surface area contributed by atoms with E-state index in [0.29, 0.717) is 12.3 Å². The van der Waals surface area contributed by atoms with Gasteiger partial charge in [0, 0.05) is 31.4 Å². The number of hydrogen-bond acceptors (Lipinski definition) is 4. The number of morpholine rings is 1. The summed E-state index contributed by atoms with van der Waals surface area (Å²) in [6.07, 6.45) is 2.38. The Labute approximate surface area is 131 Å². The quantitative estimate of drug-likeness (QED) is 0.930. The number of nitrogens with one attached hydrogen (secondary N) is 1. The molecule has 4 nitrogen and oxygen atoms in total. The second-order valence-electron chi connectivity index (χ2n) is 6.39. The first-order chi connectivity index (χ1) is 10.6. The van der Waals surface area contributed by atoms with Gasteiger partial charge in [-0.2, -0.15) is 0 Å². The molecule has 2 fully saturated rings. The largest absolute Gasteiger partial charge is 0.380 e. The molecule has 0 aromatic heterocycles. The summed E-state index contributed by atoms with van der Waals surface area (Å²) in [5.74, 6) is -0.178. The standard InChI is InChI=1S/C17H25FN2O2/c1-12-9-20(10-13(2)22-12)17-6-5-14(8-16(17)18)19-15-4-3-7-21-11-15/h5-6,8,12-13,15,19H,3-4,7,9-11H2,1-2H3/t12-,13+,15-/m0/s1. The van der Waals surface area contributed by atoms with Crippen LogP contribution in [0.25, 0.3) is 0 Å². The zero-order valence-electron chi connectivity index (χ0n) is 13.3. The van der Waals surface area contributed by atoms with Crippen LogP contribution in [0.15, 0.2) is 18.2 Å². The Balaban J connectivity index is 1.68. The van der Waals surface area contributed by atoms with Gasteiger partial charge in [-0.3, -0.25) is 0 Å². The third-order valence-electron chi connectivity index (χ3n) is 4.24. The second-order valence-corrected chi connectivity index (χ2v) is 6.39. The fourth-order valence-electron chi connectivity index (χ4n) is 3.32. The van der Waals surface area contributed by atoms with E-state index in [4.69, 9.17) is 9.47 Å². The molecular weight excluding hydrogens is 283 g/mol. The molecule has 1 aromatic carbocycles. The van der Waals surface area contributed by atoms with Crippen LogP contribution in [0.4, 0.5) is 15.8 Å². The van der Waals surface area contributed by atoms with Crippen LogP contribution in [0.5, 0.6) is 0 Å². The van der Waals surface area contributed by atoms with E-state index < -0.39 is 0 Å². The van der Waals surface area contributed by atoms with Gasteiger partial charge in [0.15, 0.2) is 0 Å². The first-order valence-electron chi connectivity index (χ1n) is 8.16. The number of anilines is 2. The van der Waals surface area contributed by atoms with Crippen LogP contribution in [0.3, 0.4) is 0 Å². The van der Waals surface area contributed by atoms with Crippen LogP contribution in [0.1, 0.15) is 26.7 Å². The van der Waals surface area contributed by atoms with Crippen molar-refractivity contribution < 1.29 is 13.9 Å². The molecule has 0 bridgehead atoms. The van der Waals surface area contributed by atoms with Crippen LogP contribution < -0.4 is 10.2 Å². The van der Waals surface area contributed by atoms with Crippen molar-refractivity contribution in [2.45, 2.75) is 44.9 Å². The fraction of sp³-hybridized carbons (Fsp3) is 0.647. The average Bonchev–Trinajstić information content (AvgIpc) is 2.47. The van der Waals surface area contributed by atoms with E-state index in [1.54, 1.807) is 6.07 Å². The normalized spacial score (nSPS) is 29.4. The minimum absolute atomic E-state index is 0.125. The molecule has 2 aliphatic heterocycles. The summed E-state index contributed by atoms with van der Waals surface area (Å²) in [6, 6.07) is 5.70. The van der Waals surface area contributed by atoms with Gasteiger partial charge in [-0.15, -0.1) is 0 Å². The predicted octanol–water partition coefficient (Wildman–Crippen LogP) is 3.03. The summed E-state index contributed by atoms with van der Waals surface area (Å²) >= 11 is 0. The summed E-state index contributed by atoms with van der Waals surface area (Å²) < 4.78 is 25.6. The van der Waals surface area contributed by atoms with Gasteiger partial charge in [0.2, 0.25) is 0 Å². The Kier molecular flexibility index (Phi) is 4.84. The molecule has 2 saturated heterocycles. The molecule has 3 atom stereocenters. The van der Waals surface area contributed by atoms with Gasteiger partial charge in [0.25, 0.3) is 0 Å². The lowest BCUT2D eigenvalue weighted by Crippen LogP contribution is -2.45. The smallest absolute Gasteiger partial charge is 0.148 e. The van der Waals surface area contributed by atoms with Gasteiger partial charge in [0.05, 0.1) is 24.5 Å². The number of benzene rings is 1. The zero-order chi connectivity index (χ0) is 15.5. The van der Waals surface area contributed by atoms with Crippen LogP contribution in [0, 0.1) is 5.82 Å². The molecule has 2 heterocycles. The Morgan fingerprint density at radius 1 is 1.23 bits per heavy atom. The first-order valence-corrected chi connectivity index (χ1v) is 8.16. The van der Waals surface area contributed by atoms with Crippen LogP contribution in [0.2, 0.25) is 0 Å². The van der Waals surface area contributed by atoms with Crippen LogP contribution in [-0.4, -0.2) is 44.6 Å². The molecule has 122 valence electrons. The Hall–Kier alpha value is -1.33. The van der Waals surface area contributed by atoms with Crippen molar-refractivity contribution in [1.82, 2.24) is 0 Å². The van der Waals surface area contributed by atoms with Gasteiger partial charge < -0.3 is 19.7 Å². The molecule has 2 aliphatic rings. The topological polar surface area (TPSA) is 33.7 Å². The summed E-state index contributed by atoms with van der Waals surface area (Å²) in [5, 5.41) is 3.36. The summed E-state index contributed by atoms with van der Waals surface area (Å²) in [7, 11) is 0. The average molecular weight is 308 g/mol. The lowest BCUT2D eigenvalue weighted by Gasteiger charge is -2.37. The van der Waals surface area contributed by atoms with E-state index in [9.17, 15) is 4.39 Å². The predicted molar refractivity (Wildman–Crippen MR) is 86.1 cm³/mol. The second kappa shape index (κ2) is 6.84. The van der Waals surface area contributed by atoms with E-state index in [-0.39, 0.29) is 24.1 Å². The molecule has 0 saturated carbocycles.